The molecule has 1 rings (SSSR count). The molecule has 5 heteroatoms. The van der Waals surface area contributed by atoms with Crippen LogP contribution in [-0.2, 0) is 19.1 Å². The maximum Gasteiger partial charge on any atom is 0.345 e. The highest BCUT2D eigenvalue weighted by Crippen LogP contribution is 2.15. The Kier molecular flexibility index (Phi) is 10.1. The Morgan fingerprint density at radius 1 is 0.880 bits per heavy atom. The number of carbonyl (C=O) groups is 2. The van der Waals surface area contributed by atoms with Crippen molar-refractivity contribution in [2.24, 2.45) is 0 Å². The predicted octanol–water partition coefficient (Wildman–Crippen LogP) is 4.24. The third-order valence-corrected chi connectivity index (χ3v) is 3.61. The summed E-state index contributed by atoms with van der Waals surface area (Å²) in [5.74, 6) is -1.24. The Morgan fingerprint density at radius 2 is 1.36 bits per heavy atom. The van der Waals surface area contributed by atoms with Gasteiger partial charge in [0.25, 0.3) is 0 Å². The molecule has 0 saturated heterocycles. The number of aromatic hydroxyl groups is 1. The van der Waals surface area contributed by atoms with Gasteiger partial charge < -0.3 is 14.6 Å². The minimum Gasteiger partial charge on any atom is -0.508 e. The van der Waals surface area contributed by atoms with Crippen molar-refractivity contribution in [2.45, 2.75) is 52.4 Å². The van der Waals surface area contributed by atoms with E-state index in [9.17, 15) is 14.7 Å². The first-order valence-electron chi connectivity index (χ1n) is 8.93. The van der Waals surface area contributed by atoms with Crippen molar-refractivity contribution >= 4 is 18.0 Å². The highest BCUT2D eigenvalue weighted by atomic mass is 16.6. The van der Waals surface area contributed by atoms with Gasteiger partial charge in [-0.05, 0) is 36.6 Å². The largest absolute Gasteiger partial charge is 0.508 e. The highest BCUT2D eigenvalue weighted by molar-refractivity contribution is 6.17. The van der Waals surface area contributed by atoms with E-state index in [1.807, 2.05) is 0 Å². The van der Waals surface area contributed by atoms with Crippen LogP contribution >= 0.6 is 0 Å². The second-order valence-corrected chi connectivity index (χ2v) is 5.84. The van der Waals surface area contributed by atoms with E-state index >= 15 is 0 Å². The molecule has 0 fully saturated rings. The molecule has 5 nitrogen and oxygen atoms in total. The lowest BCUT2D eigenvalue weighted by Gasteiger charge is -2.09. The van der Waals surface area contributed by atoms with Crippen molar-refractivity contribution < 1.29 is 24.2 Å². The van der Waals surface area contributed by atoms with Crippen molar-refractivity contribution in [1.29, 1.82) is 0 Å². The van der Waals surface area contributed by atoms with Gasteiger partial charge in [-0.1, -0.05) is 51.7 Å². The van der Waals surface area contributed by atoms with Crippen molar-refractivity contribution in [1.82, 2.24) is 0 Å². The van der Waals surface area contributed by atoms with Crippen molar-refractivity contribution in [2.75, 3.05) is 13.2 Å². The van der Waals surface area contributed by atoms with Crippen LogP contribution in [0.15, 0.2) is 29.8 Å². The Labute approximate surface area is 149 Å². The van der Waals surface area contributed by atoms with E-state index in [1.54, 1.807) is 12.1 Å². The summed E-state index contributed by atoms with van der Waals surface area (Å²) in [6, 6.07) is 6.21. The number of ether oxygens (including phenoxy) is 2. The Bertz CT molecular complexity index is 534. The molecule has 0 atom stereocenters. The van der Waals surface area contributed by atoms with Crippen molar-refractivity contribution in [3.8, 4) is 5.75 Å². The smallest absolute Gasteiger partial charge is 0.345 e. The summed E-state index contributed by atoms with van der Waals surface area (Å²) in [7, 11) is 0. The first-order valence-corrected chi connectivity index (χ1v) is 8.93. The summed E-state index contributed by atoms with van der Waals surface area (Å²) in [4.78, 5) is 24.5. The SMILES string of the molecule is CCCCCOC(=O)C(=Cc1ccc(O)cc1)C(=O)OCCCCC. The standard InChI is InChI=1S/C20H28O5/c1-3-5-7-13-24-19(22)18(20(23)25-14-8-6-4-2)15-16-9-11-17(21)12-10-16/h9-12,15,21H,3-8,13-14H2,1-2H3. The number of hydrogen-bond acceptors (Lipinski definition) is 5. The fraction of sp³-hybridized carbons (Fsp3) is 0.500. The molecule has 1 N–H and O–H groups in total. The molecule has 0 aliphatic carbocycles. The Balaban J connectivity index is 2.79. The quantitative estimate of drug-likeness (QED) is 0.213. The second-order valence-electron chi connectivity index (χ2n) is 5.84. The van der Waals surface area contributed by atoms with Gasteiger partial charge in [0.2, 0.25) is 0 Å². The molecule has 0 spiro atoms. The first-order chi connectivity index (χ1) is 12.1. The van der Waals surface area contributed by atoms with Crippen molar-refractivity contribution in [3.63, 3.8) is 0 Å². The number of carbonyl (C=O) groups excluding carboxylic acids is 2. The van der Waals surface area contributed by atoms with Gasteiger partial charge >= 0.3 is 11.9 Å². The van der Waals surface area contributed by atoms with Gasteiger partial charge in [0, 0.05) is 0 Å². The number of unbranched alkanes of at least 4 members (excludes halogenated alkanes) is 4. The van der Waals surface area contributed by atoms with Crippen LogP contribution in [0.4, 0.5) is 0 Å². The first kappa shape index (κ1) is 20.7. The van der Waals surface area contributed by atoms with Gasteiger partial charge in [-0.2, -0.15) is 0 Å². The van der Waals surface area contributed by atoms with Gasteiger partial charge in [0.05, 0.1) is 13.2 Å². The topological polar surface area (TPSA) is 72.8 Å². The molecule has 138 valence electrons. The maximum atomic E-state index is 12.3. The molecule has 0 unspecified atom stereocenters. The van der Waals surface area contributed by atoms with Crippen LogP contribution in [0.2, 0.25) is 0 Å². The zero-order chi connectivity index (χ0) is 18.5. The molecule has 0 radical (unpaired) electrons. The molecule has 0 saturated carbocycles. The molecule has 0 heterocycles. The molecule has 25 heavy (non-hydrogen) atoms. The van der Waals surface area contributed by atoms with Crippen LogP contribution in [0.5, 0.6) is 5.75 Å². The summed E-state index contributed by atoms with van der Waals surface area (Å²) in [6.45, 7) is 4.68. The lowest BCUT2D eigenvalue weighted by atomic mass is 10.1. The zero-order valence-corrected chi connectivity index (χ0v) is 15.1. The van der Waals surface area contributed by atoms with Gasteiger partial charge in [-0.3, -0.25) is 0 Å². The third kappa shape index (κ3) is 8.38. The molecular weight excluding hydrogens is 320 g/mol. The summed E-state index contributed by atoms with van der Waals surface area (Å²) < 4.78 is 10.4. The molecule has 0 amide bonds. The summed E-state index contributed by atoms with van der Waals surface area (Å²) >= 11 is 0. The molecule has 0 aliphatic rings. The summed E-state index contributed by atoms with van der Waals surface area (Å²) in [5, 5.41) is 9.34. The molecular formula is C20H28O5. The monoisotopic (exact) mass is 348 g/mol. The van der Waals surface area contributed by atoms with Crippen LogP contribution in [0.1, 0.15) is 57.9 Å². The minimum atomic E-state index is -0.676. The summed E-state index contributed by atoms with van der Waals surface area (Å²) in [5.41, 5.74) is 0.488. The van der Waals surface area contributed by atoms with Crippen molar-refractivity contribution in [3.05, 3.63) is 35.4 Å². The fourth-order valence-corrected chi connectivity index (χ4v) is 2.13. The van der Waals surface area contributed by atoms with Gasteiger partial charge in [0.1, 0.15) is 11.3 Å². The maximum absolute atomic E-state index is 12.3. The lowest BCUT2D eigenvalue weighted by molar-refractivity contribution is -0.147. The number of hydrogen-bond donors (Lipinski definition) is 1. The van der Waals surface area contributed by atoms with E-state index in [-0.39, 0.29) is 24.5 Å². The number of rotatable bonds is 11. The van der Waals surface area contributed by atoms with Gasteiger partial charge in [0.15, 0.2) is 0 Å². The van der Waals surface area contributed by atoms with Gasteiger partial charge in [-0.15, -0.1) is 0 Å². The van der Waals surface area contributed by atoms with Crippen LogP contribution in [0.25, 0.3) is 6.08 Å². The average molecular weight is 348 g/mol. The second kappa shape index (κ2) is 12.1. The zero-order valence-electron chi connectivity index (χ0n) is 15.1. The third-order valence-electron chi connectivity index (χ3n) is 3.61. The molecule has 1 aromatic rings. The van der Waals surface area contributed by atoms with Crippen LogP contribution in [0.3, 0.4) is 0 Å². The lowest BCUT2D eigenvalue weighted by Crippen LogP contribution is -2.19. The number of phenols is 1. The average Bonchev–Trinajstić information content (AvgIpc) is 2.61. The molecule has 1 aromatic carbocycles. The highest BCUT2D eigenvalue weighted by Gasteiger charge is 2.21. The van der Waals surface area contributed by atoms with E-state index in [4.69, 9.17) is 9.47 Å². The van der Waals surface area contributed by atoms with E-state index in [2.05, 4.69) is 13.8 Å². The summed E-state index contributed by atoms with van der Waals surface area (Å²) in [6.07, 6.45) is 6.93. The van der Waals surface area contributed by atoms with E-state index in [1.165, 1.54) is 18.2 Å². The Morgan fingerprint density at radius 3 is 1.80 bits per heavy atom. The number of benzene rings is 1. The van der Waals surface area contributed by atoms with E-state index in [0.29, 0.717) is 5.56 Å². The van der Waals surface area contributed by atoms with Crippen LogP contribution < -0.4 is 0 Å². The molecule has 0 aliphatic heterocycles. The van der Waals surface area contributed by atoms with Crippen LogP contribution in [-0.4, -0.2) is 30.3 Å². The fourth-order valence-electron chi connectivity index (χ4n) is 2.13. The predicted molar refractivity (Wildman–Crippen MR) is 97.1 cm³/mol. The van der Waals surface area contributed by atoms with Crippen LogP contribution in [0, 0.1) is 0 Å². The van der Waals surface area contributed by atoms with E-state index < -0.39 is 11.9 Å². The number of esters is 2. The van der Waals surface area contributed by atoms with Gasteiger partial charge in [-0.25, -0.2) is 9.59 Å². The normalized spacial score (nSPS) is 10.2. The number of phenolic OH excluding ortho intramolecular Hbond substituents is 1. The molecule has 0 aromatic heterocycles. The Hall–Kier alpha value is -2.30. The van der Waals surface area contributed by atoms with E-state index in [0.717, 1.165) is 38.5 Å². The molecule has 0 bridgehead atoms. The minimum absolute atomic E-state index is 0.114.